The number of ether oxygens (including phenoxy) is 2. The van der Waals surface area contributed by atoms with Gasteiger partial charge in [-0.25, -0.2) is 0 Å². The fourth-order valence-corrected chi connectivity index (χ4v) is 5.98. The van der Waals surface area contributed by atoms with Gasteiger partial charge in [0.1, 0.15) is 0 Å². The van der Waals surface area contributed by atoms with Crippen LogP contribution in [0.3, 0.4) is 0 Å². The van der Waals surface area contributed by atoms with Crippen LogP contribution in [-0.4, -0.2) is 37.7 Å². The van der Waals surface area contributed by atoms with Crippen molar-refractivity contribution in [2.24, 2.45) is 0 Å². The maximum atomic E-state index is 6.73. The van der Waals surface area contributed by atoms with Gasteiger partial charge in [0, 0.05) is 4.90 Å². The van der Waals surface area contributed by atoms with Gasteiger partial charge >= 0.3 is 0 Å². The first-order valence-corrected chi connectivity index (χ1v) is 13.6. The van der Waals surface area contributed by atoms with Crippen molar-refractivity contribution in [1.82, 2.24) is 0 Å². The van der Waals surface area contributed by atoms with Crippen LogP contribution in [0.15, 0.2) is 47.4 Å². The largest absolute Gasteiger partial charge is 0.411 e. The first-order valence-electron chi connectivity index (χ1n) is 9.85. The van der Waals surface area contributed by atoms with Crippen molar-refractivity contribution >= 4 is 20.1 Å². The highest BCUT2D eigenvalue weighted by Gasteiger charge is 2.51. The Hall–Kier alpha value is -0.593. The van der Waals surface area contributed by atoms with E-state index in [1.807, 2.05) is 25.6 Å². The van der Waals surface area contributed by atoms with Gasteiger partial charge in [-0.1, -0.05) is 51.1 Å². The van der Waals surface area contributed by atoms with Gasteiger partial charge in [0.25, 0.3) is 0 Å². The van der Waals surface area contributed by atoms with E-state index in [0.717, 1.165) is 6.42 Å². The summed E-state index contributed by atoms with van der Waals surface area (Å²) >= 11 is 1.87. The summed E-state index contributed by atoms with van der Waals surface area (Å²) < 4.78 is 19.0. The Balaban J connectivity index is 1.87. The Morgan fingerprint density at radius 1 is 1.11 bits per heavy atom. The van der Waals surface area contributed by atoms with Crippen molar-refractivity contribution in [3.05, 3.63) is 42.5 Å². The highest BCUT2D eigenvalue weighted by molar-refractivity contribution is 8.00. The van der Waals surface area contributed by atoms with Crippen molar-refractivity contribution in [1.29, 1.82) is 0 Å². The van der Waals surface area contributed by atoms with Gasteiger partial charge in [-0.15, -0.1) is 11.8 Å². The highest BCUT2D eigenvalue weighted by atomic mass is 32.2. The molecule has 5 heteroatoms. The van der Waals surface area contributed by atoms with Crippen LogP contribution in [0.5, 0.6) is 0 Å². The maximum Gasteiger partial charge on any atom is 0.192 e. The fraction of sp³-hybridized carbons (Fsp3) is 0.636. The van der Waals surface area contributed by atoms with Crippen molar-refractivity contribution < 1.29 is 13.9 Å². The molecule has 1 saturated heterocycles. The van der Waals surface area contributed by atoms with Crippen LogP contribution >= 0.6 is 11.8 Å². The standard InChI is InChI=1S/C22H34O3SSi/c1-20(2,3)27(6,7)25-17-13-14-19-22(15-17,16-23-21(4,5)24-19)26-18-11-9-8-10-12-18/h8-14,17,19H,15-16H2,1-7H3/t17-,19-,22-/m1/s1. The Morgan fingerprint density at radius 3 is 2.41 bits per heavy atom. The molecule has 0 radical (unpaired) electrons. The molecule has 27 heavy (non-hydrogen) atoms. The van der Waals surface area contributed by atoms with Gasteiger partial charge in [-0.2, -0.15) is 0 Å². The zero-order valence-corrected chi connectivity index (χ0v) is 19.6. The average molecular weight is 407 g/mol. The lowest BCUT2D eigenvalue weighted by atomic mass is 9.88. The van der Waals surface area contributed by atoms with Crippen LogP contribution in [-0.2, 0) is 13.9 Å². The lowest BCUT2D eigenvalue weighted by Crippen LogP contribution is -2.58. The first kappa shape index (κ1) is 21.1. The number of benzene rings is 1. The van der Waals surface area contributed by atoms with Crippen LogP contribution in [0, 0.1) is 0 Å². The number of hydrogen-bond acceptors (Lipinski definition) is 4. The molecular weight excluding hydrogens is 372 g/mol. The maximum absolute atomic E-state index is 6.73. The van der Waals surface area contributed by atoms with E-state index in [2.05, 4.69) is 76.3 Å². The molecule has 3 nitrogen and oxygen atoms in total. The highest BCUT2D eigenvalue weighted by Crippen LogP contribution is 2.49. The molecular formula is C22H34O3SSi. The molecule has 0 N–H and O–H groups in total. The SMILES string of the molecule is CC1(C)OC[C@]2(Sc3ccccc3)C[C@H](O[Si](C)(C)C(C)(C)C)C=C[C@H]2O1. The van der Waals surface area contributed by atoms with E-state index in [0.29, 0.717) is 6.61 Å². The molecule has 1 fully saturated rings. The number of thioether (sulfide) groups is 1. The average Bonchev–Trinajstić information content (AvgIpc) is 2.55. The molecule has 3 rings (SSSR count). The van der Waals surface area contributed by atoms with Crippen LogP contribution in [0.25, 0.3) is 0 Å². The second-order valence-corrected chi connectivity index (χ2v) is 16.0. The molecule has 1 aromatic carbocycles. The Labute approximate surface area is 170 Å². The summed E-state index contributed by atoms with van der Waals surface area (Å²) in [5.74, 6) is -0.553. The Bertz CT molecular complexity index is 681. The van der Waals surface area contributed by atoms with Gasteiger partial charge < -0.3 is 13.9 Å². The number of fused-ring (bicyclic) bond motifs is 1. The van der Waals surface area contributed by atoms with Crippen molar-refractivity contribution in [3.8, 4) is 0 Å². The lowest BCUT2D eigenvalue weighted by Gasteiger charge is -2.51. The summed E-state index contributed by atoms with van der Waals surface area (Å²) in [7, 11) is -1.84. The second-order valence-electron chi connectivity index (χ2n) is 9.71. The van der Waals surface area contributed by atoms with Gasteiger partial charge in [0.05, 0.1) is 23.6 Å². The van der Waals surface area contributed by atoms with E-state index in [-0.39, 0.29) is 22.0 Å². The molecule has 0 amide bonds. The van der Waals surface area contributed by atoms with E-state index >= 15 is 0 Å². The van der Waals surface area contributed by atoms with Crippen molar-refractivity contribution in [2.45, 2.75) is 86.8 Å². The zero-order chi connectivity index (χ0) is 19.9. The lowest BCUT2D eigenvalue weighted by molar-refractivity contribution is -0.277. The third kappa shape index (κ3) is 4.70. The molecule has 1 aliphatic carbocycles. The van der Waals surface area contributed by atoms with Gasteiger partial charge in [0.15, 0.2) is 14.1 Å². The zero-order valence-electron chi connectivity index (χ0n) is 17.7. The monoisotopic (exact) mass is 406 g/mol. The van der Waals surface area contributed by atoms with E-state index in [1.54, 1.807) is 0 Å². The van der Waals surface area contributed by atoms with E-state index in [4.69, 9.17) is 13.9 Å². The summed E-state index contributed by atoms with van der Waals surface area (Å²) in [4.78, 5) is 1.25. The smallest absolute Gasteiger partial charge is 0.192 e. The summed E-state index contributed by atoms with van der Waals surface area (Å²) in [5, 5.41) is 0.193. The van der Waals surface area contributed by atoms with E-state index < -0.39 is 14.1 Å². The van der Waals surface area contributed by atoms with Crippen LogP contribution in [0.4, 0.5) is 0 Å². The van der Waals surface area contributed by atoms with Crippen LogP contribution < -0.4 is 0 Å². The minimum Gasteiger partial charge on any atom is -0.411 e. The normalized spacial score (nSPS) is 30.8. The molecule has 0 saturated carbocycles. The predicted molar refractivity (Wildman–Crippen MR) is 116 cm³/mol. The summed E-state index contributed by atoms with van der Waals surface area (Å²) in [5.41, 5.74) is 0. The molecule has 1 aromatic rings. The van der Waals surface area contributed by atoms with Gasteiger partial charge in [-0.05, 0) is 50.5 Å². The van der Waals surface area contributed by atoms with Crippen LogP contribution in [0.1, 0.15) is 41.0 Å². The second kappa shape index (κ2) is 7.34. The quantitative estimate of drug-likeness (QED) is 0.451. The predicted octanol–water partition coefficient (Wildman–Crippen LogP) is 6.02. The first-order chi connectivity index (χ1) is 12.4. The number of rotatable bonds is 4. The molecule has 150 valence electrons. The summed E-state index contributed by atoms with van der Waals surface area (Å²) in [6.45, 7) is 16.2. The molecule has 2 aliphatic rings. The molecule has 0 spiro atoms. The Morgan fingerprint density at radius 2 is 1.78 bits per heavy atom. The topological polar surface area (TPSA) is 27.7 Å². The van der Waals surface area contributed by atoms with Gasteiger partial charge in [-0.3, -0.25) is 0 Å². The van der Waals surface area contributed by atoms with E-state index in [1.165, 1.54) is 4.90 Å². The van der Waals surface area contributed by atoms with Gasteiger partial charge in [0.2, 0.25) is 0 Å². The van der Waals surface area contributed by atoms with Crippen LogP contribution in [0.2, 0.25) is 18.1 Å². The minimum atomic E-state index is -1.84. The van der Waals surface area contributed by atoms with Crippen molar-refractivity contribution in [3.63, 3.8) is 0 Å². The molecule has 0 aromatic heterocycles. The third-order valence-electron chi connectivity index (χ3n) is 5.96. The molecule has 1 heterocycles. The third-order valence-corrected chi connectivity index (χ3v) is 11.9. The minimum absolute atomic E-state index is 0.0192. The molecule has 0 unspecified atom stereocenters. The molecule has 1 aliphatic heterocycles. The number of hydrogen-bond donors (Lipinski definition) is 0. The summed E-state index contributed by atoms with van der Waals surface area (Å²) in [6, 6.07) is 10.6. The summed E-state index contributed by atoms with van der Waals surface area (Å²) in [6.07, 6.45) is 5.45. The fourth-order valence-electron chi connectivity index (χ4n) is 3.34. The Kier molecular flexibility index (Phi) is 5.74. The van der Waals surface area contributed by atoms with Crippen molar-refractivity contribution in [2.75, 3.05) is 6.61 Å². The van der Waals surface area contributed by atoms with E-state index in [9.17, 15) is 0 Å². The molecule has 0 bridgehead atoms. The molecule has 3 atom stereocenters.